The van der Waals surface area contributed by atoms with E-state index in [1.165, 1.54) is 7.11 Å². The standard InChI is InChI=1S/C18H26N2O5/c1-10-7-6-8-11(2)20(10)14(21)9-25-18(23)16-12(3)15(13(4)19-16)17(22)24-5/h10-11,19H,6-9H2,1-5H3. The predicted molar refractivity (Wildman–Crippen MR) is 91.5 cm³/mol. The van der Waals surface area contributed by atoms with Crippen LogP contribution in [0.4, 0.5) is 0 Å². The summed E-state index contributed by atoms with van der Waals surface area (Å²) in [6.07, 6.45) is 3.02. The number of rotatable bonds is 4. The highest BCUT2D eigenvalue weighted by Gasteiger charge is 2.30. The zero-order chi connectivity index (χ0) is 18.7. The summed E-state index contributed by atoms with van der Waals surface area (Å²) in [4.78, 5) is 41.2. The summed E-state index contributed by atoms with van der Waals surface area (Å²) in [6.45, 7) is 7.03. The summed E-state index contributed by atoms with van der Waals surface area (Å²) in [7, 11) is 1.28. The van der Waals surface area contributed by atoms with Crippen molar-refractivity contribution < 1.29 is 23.9 Å². The number of nitrogens with zero attached hydrogens (tertiary/aromatic N) is 1. The van der Waals surface area contributed by atoms with E-state index < -0.39 is 11.9 Å². The monoisotopic (exact) mass is 350 g/mol. The quantitative estimate of drug-likeness (QED) is 0.842. The van der Waals surface area contributed by atoms with Crippen molar-refractivity contribution in [3.05, 3.63) is 22.5 Å². The van der Waals surface area contributed by atoms with Gasteiger partial charge in [0, 0.05) is 17.8 Å². The van der Waals surface area contributed by atoms with Crippen LogP contribution in [0.3, 0.4) is 0 Å². The Morgan fingerprint density at radius 2 is 1.72 bits per heavy atom. The van der Waals surface area contributed by atoms with Gasteiger partial charge in [0.1, 0.15) is 5.69 Å². The first-order valence-electron chi connectivity index (χ1n) is 8.53. The molecule has 2 heterocycles. The third-order valence-electron chi connectivity index (χ3n) is 4.84. The van der Waals surface area contributed by atoms with Gasteiger partial charge in [0.2, 0.25) is 0 Å². The number of methoxy groups -OCH3 is 1. The Morgan fingerprint density at radius 3 is 2.28 bits per heavy atom. The summed E-state index contributed by atoms with van der Waals surface area (Å²) in [5.74, 6) is -1.36. The molecule has 1 aliphatic rings. The second-order valence-electron chi connectivity index (χ2n) is 6.62. The summed E-state index contributed by atoms with van der Waals surface area (Å²) < 4.78 is 9.91. The van der Waals surface area contributed by atoms with E-state index in [0.717, 1.165) is 19.3 Å². The highest BCUT2D eigenvalue weighted by molar-refractivity contribution is 5.99. The van der Waals surface area contributed by atoms with Crippen molar-refractivity contribution in [2.75, 3.05) is 13.7 Å². The van der Waals surface area contributed by atoms with Crippen LogP contribution in [0.5, 0.6) is 0 Å². The summed E-state index contributed by atoms with van der Waals surface area (Å²) in [6, 6.07) is 0.297. The number of amides is 1. The van der Waals surface area contributed by atoms with Gasteiger partial charge < -0.3 is 19.4 Å². The fourth-order valence-electron chi connectivity index (χ4n) is 3.55. The number of esters is 2. The molecule has 2 rings (SSSR count). The Hall–Kier alpha value is -2.31. The topological polar surface area (TPSA) is 88.7 Å². The van der Waals surface area contributed by atoms with E-state index in [9.17, 15) is 14.4 Å². The van der Waals surface area contributed by atoms with Crippen molar-refractivity contribution in [3.8, 4) is 0 Å². The molecule has 0 spiro atoms. The maximum absolute atomic E-state index is 12.4. The molecule has 0 aliphatic carbocycles. The average molecular weight is 350 g/mol. The number of aromatic amines is 1. The largest absolute Gasteiger partial charge is 0.465 e. The van der Waals surface area contributed by atoms with Crippen LogP contribution in [0, 0.1) is 13.8 Å². The number of aromatic nitrogens is 1. The van der Waals surface area contributed by atoms with Gasteiger partial charge >= 0.3 is 11.9 Å². The van der Waals surface area contributed by atoms with Gasteiger partial charge in [-0.05, 0) is 52.5 Å². The second kappa shape index (κ2) is 7.72. The lowest BCUT2D eigenvalue weighted by molar-refractivity contribution is -0.140. The van der Waals surface area contributed by atoms with Gasteiger partial charge in [0.25, 0.3) is 5.91 Å². The number of likely N-dealkylation sites (tertiary alicyclic amines) is 1. The minimum Gasteiger partial charge on any atom is -0.465 e. The first-order valence-corrected chi connectivity index (χ1v) is 8.53. The van der Waals surface area contributed by atoms with Gasteiger partial charge in [0.15, 0.2) is 6.61 Å². The predicted octanol–water partition coefficient (Wildman–Crippen LogP) is 2.36. The molecule has 1 fully saturated rings. The van der Waals surface area contributed by atoms with Gasteiger partial charge in [-0.1, -0.05) is 0 Å². The number of aryl methyl sites for hydroxylation is 1. The van der Waals surface area contributed by atoms with Crippen LogP contribution >= 0.6 is 0 Å². The van der Waals surface area contributed by atoms with Crippen LogP contribution in [0.1, 0.15) is 65.2 Å². The molecule has 7 nitrogen and oxygen atoms in total. The smallest absolute Gasteiger partial charge is 0.355 e. The Labute approximate surface area is 147 Å². The van der Waals surface area contributed by atoms with Crippen molar-refractivity contribution >= 4 is 17.8 Å². The molecule has 1 aromatic heterocycles. The first kappa shape index (κ1) is 19.0. The zero-order valence-corrected chi connectivity index (χ0v) is 15.5. The highest BCUT2D eigenvalue weighted by Crippen LogP contribution is 2.23. The van der Waals surface area contributed by atoms with Gasteiger partial charge in [-0.2, -0.15) is 0 Å². The third-order valence-corrected chi connectivity index (χ3v) is 4.84. The molecular weight excluding hydrogens is 324 g/mol. The molecule has 0 aromatic carbocycles. The molecule has 0 bridgehead atoms. The van der Waals surface area contributed by atoms with Crippen LogP contribution < -0.4 is 0 Å². The molecule has 1 aromatic rings. The maximum Gasteiger partial charge on any atom is 0.355 e. The summed E-state index contributed by atoms with van der Waals surface area (Å²) in [5.41, 5.74) is 1.48. The molecule has 1 amide bonds. The highest BCUT2D eigenvalue weighted by atomic mass is 16.5. The Morgan fingerprint density at radius 1 is 1.12 bits per heavy atom. The SMILES string of the molecule is COC(=O)c1c(C)[nH]c(C(=O)OCC(=O)N2C(C)CCCC2C)c1C. The molecule has 1 N–H and O–H groups in total. The second-order valence-corrected chi connectivity index (χ2v) is 6.62. The normalized spacial score (nSPS) is 20.3. The summed E-state index contributed by atoms with van der Waals surface area (Å²) >= 11 is 0. The lowest BCUT2D eigenvalue weighted by Gasteiger charge is -2.38. The Balaban J connectivity index is 2.05. The van der Waals surface area contributed by atoms with Crippen molar-refractivity contribution in [1.29, 1.82) is 0 Å². The number of H-pyrrole nitrogens is 1. The van der Waals surface area contributed by atoms with E-state index in [4.69, 9.17) is 9.47 Å². The number of nitrogens with one attached hydrogen (secondary N) is 1. The van der Waals surface area contributed by atoms with Crippen molar-refractivity contribution in [1.82, 2.24) is 9.88 Å². The van der Waals surface area contributed by atoms with Gasteiger partial charge in [-0.15, -0.1) is 0 Å². The van der Waals surface area contributed by atoms with Crippen molar-refractivity contribution in [3.63, 3.8) is 0 Å². The lowest BCUT2D eigenvalue weighted by atomic mass is 9.97. The molecule has 2 unspecified atom stereocenters. The lowest BCUT2D eigenvalue weighted by Crippen LogP contribution is -2.49. The van der Waals surface area contributed by atoms with Gasteiger partial charge in [-0.25, -0.2) is 9.59 Å². The van der Waals surface area contributed by atoms with Crippen molar-refractivity contribution in [2.45, 2.75) is 59.0 Å². The van der Waals surface area contributed by atoms with Crippen LogP contribution in [-0.2, 0) is 14.3 Å². The first-order chi connectivity index (χ1) is 11.8. The molecule has 2 atom stereocenters. The molecule has 7 heteroatoms. The third kappa shape index (κ3) is 3.86. The van der Waals surface area contributed by atoms with E-state index in [-0.39, 0.29) is 30.3 Å². The molecule has 1 aliphatic heterocycles. The summed E-state index contributed by atoms with van der Waals surface area (Å²) in [5, 5.41) is 0. The molecule has 1 saturated heterocycles. The number of carbonyl (C=O) groups excluding carboxylic acids is 3. The van der Waals surface area contributed by atoms with E-state index >= 15 is 0 Å². The molecule has 25 heavy (non-hydrogen) atoms. The van der Waals surface area contributed by atoms with Gasteiger partial charge in [-0.3, -0.25) is 4.79 Å². The van der Waals surface area contributed by atoms with Crippen LogP contribution in [-0.4, -0.2) is 53.5 Å². The fraction of sp³-hybridized carbons (Fsp3) is 0.611. The minimum atomic E-state index is -0.651. The van der Waals surface area contributed by atoms with Crippen LogP contribution in [0.25, 0.3) is 0 Å². The van der Waals surface area contributed by atoms with E-state index in [2.05, 4.69) is 4.98 Å². The van der Waals surface area contributed by atoms with Crippen molar-refractivity contribution in [2.24, 2.45) is 0 Å². The number of ether oxygens (including phenoxy) is 2. The average Bonchev–Trinajstić information content (AvgIpc) is 2.86. The van der Waals surface area contributed by atoms with Crippen LogP contribution in [0.2, 0.25) is 0 Å². The number of hydrogen-bond donors (Lipinski definition) is 1. The van der Waals surface area contributed by atoms with E-state index in [1.807, 2.05) is 13.8 Å². The number of carbonyl (C=O) groups is 3. The number of hydrogen-bond acceptors (Lipinski definition) is 5. The zero-order valence-electron chi connectivity index (χ0n) is 15.5. The van der Waals surface area contributed by atoms with E-state index in [0.29, 0.717) is 16.8 Å². The van der Waals surface area contributed by atoms with Gasteiger partial charge in [0.05, 0.1) is 12.7 Å². The fourth-order valence-corrected chi connectivity index (χ4v) is 3.55. The van der Waals surface area contributed by atoms with Crippen LogP contribution in [0.15, 0.2) is 0 Å². The molecular formula is C18H26N2O5. The Kier molecular flexibility index (Phi) is 5.87. The molecule has 138 valence electrons. The Bertz CT molecular complexity index is 669. The molecule has 0 radical (unpaired) electrons. The molecule has 0 saturated carbocycles. The van der Waals surface area contributed by atoms with E-state index in [1.54, 1.807) is 18.7 Å². The number of piperidine rings is 1. The maximum atomic E-state index is 12.4. The minimum absolute atomic E-state index is 0.148.